The molecule has 0 saturated heterocycles. The number of aliphatic hydroxyl groups excluding tert-OH is 1. The van der Waals surface area contributed by atoms with Gasteiger partial charge >= 0.3 is 0 Å². The van der Waals surface area contributed by atoms with Gasteiger partial charge in [-0.2, -0.15) is 0 Å². The molecule has 3 heteroatoms. The first-order valence-electron chi connectivity index (χ1n) is 10.6. The normalized spacial score (nSPS) is 42.7. The molecule has 0 aromatic carbocycles. The molecule has 0 spiro atoms. The smallest absolute Gasteiger partial charge is 0.178 e. The Morgan fingerprint density at radius 2 is 2.11 bits per heavy atom. The molecule has 1 N–H and O–H groups in total. The molecule has 4 aliphatic rings. The summed E-state index contributed by atoms with van der Waals surface area (Å²) in [6.07, 6.45) is 14.3. The van der Waals surface area contributed by atoms with Crippen LogP contribution in [0.15, 0.2) is 35.5 Å². The molecule has 2 fully saturated rings. The minimum absolute atomic E-state index is 0.0153. The van der Waals surface area contributed by atoms with Crippen LogP contribution in [-0.4, -0.2) is 23.3 Å². The van der Waals surface area contributed by atoms with Crippen LogP contribution in [0.3, 0.4) is 0 Å². The van der Waals surface area contributed by atoms with Gasteiger partial charge in [-0.25, -0.2) is 0 Å². The van der Waals surface area contributed by atoms with Crippen LogP contribution >= 0.6 is 0 Å². The lowest BCUT2D eigenvalue weighted by Crippen LogP contribution is -2.45. The number of ketones is 2. The van der Waals surface area contributed by atoms with Crippen LogP contribution in [0.5, 0.6) is 0 Å². The summed E-state index contributed by atoms with van der Waals surface area (Å²) in [6.45, 7) is 6.42. The first-order valence-corrected chi connectivity index (χ1v) is 10.6. The Hall–Kier alpha value is -1.48. The Labute approximate surface area is 162 Å². The molecule has 146 valence electrons. The van der Waals surface area contributed by atoms with Gasteiger partial charge in [-0.15, -0.1) is 0 Å². The molecule has 2 saturated carbocycles. The number of hydrogen-bond donors (Lipinski definition) is 1. The summed E-state index contributed by atoms with van der Waals surface area (Å²) in [4.78, 5) is 24.6. The highest BCUT2D eigenvalue weighted by atomic mass is 16.3. The second kappa shape index (κ2) is 6.55. The summed E-state index contributed by atoms with van der Waals surface area (Å²) in [6, 6.07) is 0. The Morgan fingerprint density at radius 1 is 1.33 bits per heavy atom. The number of aliphatic hydroxyl groups is 1. The Balaban J connectivity index is 1.74. The largest absolute Gasteiger partial charge is 0.389 e. The molecular formula is C24H32O3. The van der Waals surface area contributed by atoms with E-state index in [1.807, 2.05) is 6.08 Å². The van der Waals surface area contributed by atoms with Crippen molar-refractivity contribution in [3.05, 3.63) is 35.5 Å². The van der Waals surface area contributed by atoms with E-state index in [2.05, 4.69) is 32.9 Å². The van der Waals surface area contributed by atoms with E-state index >= 15 is 0 Å². The zero-order valence-corrected chi connectivity index (χ0v) is 16.8. The highest BCUT2D eigenvalue weighted by Gasteiger charge is 2.59. The molecule has 4 rings (SSSR count). The van der Waals surface area contributed by atoms with Gasteiger partial charge in [0.05, 0.1) is 0 Å². The van der Waals surface area contributed by atoms with Gasteiger partial charge in [0.2, 0.25) is 0 Å². The van der Waals surface area contributed by atoms with E-state index in [1.54, 1.807) is 6.08 Å². The summed E-state index contributed by atoms with van der Waals surface area (Å²) in [7, 11) is 0. The fourth-order valence-corrected chi connectivity index (χ4v) is 7.09. The molecule has 4 aliphatic carbocycles. The average molecular weight is 369 g/mol. The second-order valence-electron chi connectivity index (χ2n) is 9.62. The summed E-state index contributed by atoms with van der Waals surface area (Å²) in [5.41, 5.74) is 2.56. The maximum atomic E-state index is 12.7. The summed E-state index contributed by atoms with van der Waals surface area (Å²) in [5.74, 6) is 1.52. The maximum Gasteiger partial charge on any atom is 0.178 e. The van der Waals surface area contributed by atoms with E-state index in [4.69, 9.17) is 0 Å². The molecule has 0 radical (unpaired) electrons. The minimum atomic E-state index is -0.329. The number of allylic oxidation sites excluding steroid dienone is 6. The van der Waals surface area contributed by atoms with Crippen molar-refractivity contribution in [1.82, 2.24) is 0 Å². The van der Waals surface area contributed by atoms with Crippen LogP contribution in [0.2, 0.25) is 0 Å². The number of Topliss-reactive ketones (excluding diaryl/α,β-unsaturated/α-hetero) is 1. The number of hydrogen-bond acceptors (Lipinski definition) is 3. The third kappa shape index (κ3) is 2.65. The first-order chi connectivity index (χ1) is 12.8. The standard InChI is InChI=1S/C24H32O3/c1-4-5-15-12-20-18-7-6-16-13-17(26)8-10-23(16,2)19(18)9-11-24(20,3)22(15)21(27)14-25/h8-10,13,15,18,20,22,25H,4-7,11-12,14H2,1-3H3/t15-,18?,20?,22-,23+,24+/m1/s1. The van der Waals surface area contributed by atoms with Gasteiger partial charge in [-0.3, -0.25) is 9.59 Å². The van der Waals surface area contributed by atoms with Crippen molar-refractivity contribution in [2.75, 3.05) is 6.61 Å². The van der Waals surface area contributed by atoms with Crippen molar-refractivity contribution in [2.45, 2.75) is 59.3 Å². The van der Waals surface area contributed by atoms with Gasteiger partial charge in [0.1, 0.15) is 6.61 Å². The topological polar surface area (TPSA) is 54.4 Å². The second-order valence-corrected chi connectivity index (χ2v) is 9.62. The molecule has 27 heavy (non-hydrogen) atoms. The highest BCUT2D eigenvalue weighted by Crippen LogP contribution is 2.65. The Morgan fingerprint density at radius 3 is 2.81 bits per heavy atom. The van der Waals surface area contributed by atoms with Gasteiger partial charge in [0.15, 0.2) is 11.6 Å². The van der Waals surface area contributed by atoms with Crippen molar-refractivity contribution in [3.8, 4) is 0 Å². The minimum Gasteiger partial charge on any atom is -0.389 e. The third-order valence-corrected chi connectivity index (χ3v) is 8.28. The van der Waals surface area contributed by atoms with Gasteiger partial charge in [0.25, 0.3) is 0 Å². The van der Waals surface area contributed by atoms with Gasteiger partial charge in [-0.1, -0.05) is 43.6 Å². The van der Waals surface area contributed by atoms with Crippen LogP contribution in [0.25, 0.3) is 0 Å². The lowest BCUT2D eigenvalue weighted by molar-refractivity contribution is -0.131. The number of fused-ring (bicyclic) bond motifs is 5. The molecule has 0 bridgehead atoms. The maximum absolute atomic E-state index is 12.7. The Kier molecular flexibility index (Phi) is 4.57. The molecule has 0 aliphatic heterocycles. The van der Waals surface area contributed by atoms with Crippen molar-refractivity contribution < 1.29 is 14.7 Å². The summed E-state index contributed by atoms with van der Waals surface area (Å²) >= 11 is 0. The molecule has 6 atom stereocenters. The molecule has 0 aromatic heterocycles. The number of carbonyl (C=O) groups excluding carboxylic acids is 2. The van der Waals surface area contributed by atoms with E-state index in [0.29, 0.717) is 17.8 Å². The lowest BCUT2D eigenvalue weighted by Gasteiger charge is -2.52. The van der Waals surface area contributed by atoms with Crippen molar-refractivity contribution in [2.24, 2.45) is 34.5 Å². The fraction of sp³-hybridized carbons (Fsp3) is 0.667. The SMILES string of the molecule is CCC[C@@H]1CC2C3CCC4=CC(=O)C=C[C@]4(C)C3=CC[C@]2(C)[C@H]1C(=O)CO. The van der Waals surface area contributed by atoms with Crippen LogP contribution in [0, 0.1) is 34.5 Å². The van der Waals surface area contributed by atoms with Gasteiger partial charge < -0.3 is 5.11 Å². The molecular weight excluding hydrogens is 336 g/mol. The van der Waals surface area contributed by atoms with E-state index in [1.165, 1.54) is 11.1 Å². The predicted molar refractivity (Wildman–Crippen MR) is 106 cm³/mol. The number of rotatable bonds is 4. The highest BCUT2D eigenvalue weighted by molar-refractivity contribution is 6.01. The Bertz CT molecular complexity index is 758. The quantitative estimate of drug-likeness (QED) is 0.748. The lowest BCUT2D eigenvalue weighted by atomic mass is 9.52. The van der Waals surface area contributed by atoms with E-state index in [9.17, 15) is 14.7 Å². The van der Waals surface area contributed by atoms with Gasteiger partial charge in [-0.05, 0) is 74.3 Å². The fourth-order valence-electron chi connectivity index (χ4n) is 7.09. The van der Waals surface area contributed by atoms with Crippen LogP contribution in [-0.2, 0) is 9.59 Å². The molecule has 0 amide bonds. The van der Waals surface area contributed by atoms with Gasteiger partial charge in [0, 0.05) is 11.3 Å². The molecule has 0 heterocycles. The van der Waals surface area contributed by atoms with E-state index in [-0.39, 0.29) is 34.9 Å². The zero-order chi connectivity index (χ0) is 19.4. The molecule has 3 nitrogen and oxygen atoms in total. The first kappa shape index (κ1) is 18.9. The van der Waals surface area contributed by atoms with Crippen LogP contribution in [0.4, 0.5) is 0 Å². The summed E-state index contributed by atoms with van der Waals surface area (Å²) in [5, 5.41) is 9.63. The molecule has 2 unspecified atom stereocenters. The third-order valence-electron chi connectivity index (χ3n) is 8.28. The predicted octanol–water partition coefficient (Wildman–Crippen LogP) is 4.42. The van der Waals surface area contributed by atoms with Crippen molar-refractivity contribution in [1.29, 1.82) is 0 Å². The molecule has 0 aromatic rings. The number of carbonyl (C=O) groups is 2. The zero-order valence-electron chi connectivity index (χ0n) is 16.8. The van der Waals surface area contributed by atoms with E-state index < -0.39 is 0 Å². The van der Waals surface area contributed by atoms with E-state index in [0.717, 1.165) is 38.5 Å². The summed E-state index contributed by atoms with van der Waals surface area (Å²) < 4.78 is 0. The average Bonchev–Trinajstić information content (AvgIpc) is 2.94. The monoisotopic (exact) mass is 368 g/mol. The van der Waals surface area contributed by atoms with Crippen molar-refractivity contribution >= 4 is 11.6 Å². The van der Waals surface area contributed by atoms with Crippen LogP contribution < -0.4 is 0 Å². The van der Waals surface area contributed by atoms with Crippen LogP contribution in [0.1, 0.15) is 59.3 Å². The van der Waals surface area contributed by atoms with Crippen molar-refractivity contribution in [3.63, 3.8) is 0 Å².